The highest BCUT2D eigenvalue weighted by atomic mass is 16.2. The number of hydrogen-bond acceptors (Lipinski definition) is 5. The molecule has 0 fully saturated rings. The van der Waals surface area contributed by atoms with Crippen molar-refractivity contribution < 1.29 is 9.59 Å². The summed E-state index contributed by atoms with van der Waals surface area (Å²) in [6.45, 7) is 1.36. The van der Waals surface area contributed by atoms with Crippen LogP contribution in [0.5, 0.6) is 0 Å². The number of anilines is 1. The zero-order valence-electron chi connectivity index (χ0n) is 13.5. The van der Waals surface area contributed by atoms with E-state index in [1.54, 1.807) is 28.7 Å². The third-order valence-electron chi connectivity index (χ3n) is 4.57. The van der Waals surface area contributed by atoms with Gasteiger partial charge in [-0.1, -0.05) is 0 Å². The molecule has 2 aromatic rings. The molecule has 4 heterocycles. The minimum absolute atomic E-state index is 0.143. The summed E-state index contributed by atoms with van der Waals surface area (Å²) >= 11 is 0. The van der Waals surface area contributed by atoms with E-state index in [1.165, 1.54) is 4.90 Å². The van der Waals surface area contributed by atoms with Crippen LogP contribution in [0.1, 0.15) is 35.7 Å². The molecule has 0 aromatic carbocycles. The van der Waals surface area contributed by atoms with E-state index in [2.05, 4.69) is 20.5 Å². The molecule has 24 heavy (non-hydrogen) atoms. The van der Waals surface area contributed by atoms with Crippen LogP contribution in [0.3, 0.4) is 0 Å². The smallest absolute Gasteiger partial charge is 0.291 e. The van der Waals surface area contributed by atoms with Crippen LogP contribution >= 0.6 is 0 Å². The molecule has 1 N–H and O–H groups in total. The van der Waals surface area contributed by atoms with Crippen LogP contribution in [-0.4, -0.2) is 49.4 Å². The van der Waals surface area contributed by atoms with Gasteiger partial charge in [0.15, 0.2) is 0 Å². The molecule has 126 valence electrons. The van der Waals surface area contributed by atoms with Crippen molar-refractivity contribution in [2.75, 3.05) is 11.9 Å². The maximum atomic E-state index is 12.6. The van der Waals surface area contributed by atoms with Crippen molar-refractivity contribution in [2.45, 2.75) is 44.8 Å². The first kappa shape index (κ1) is 14.9. The summed E-state index contributed by atoms with van der Waals surface area (Å²) in [5.74, 6) is 1.15. The SMILES string of the molecule is CN1C(=O)[C@@H](NC(=O)c2nc3n(n2)CCCC3)CCn2nccc21. The minimum atomic E-state index is -0.607. The van der Waals surface area contributed by atoms with Gasteiger partial charge in [0.05, 0.1) is 6.20 Å². The molecule has 0 saturated heterocycles. The van der Waals surface area contributed by atoms with Gasteiger partial charge in [-0.3, -0.25) is 14.5 Å². The Morgan fingerprint density at radius 3 is 3.00 bits per heavy atom. The van der Waals surface area contributed by atoms with Crippen molar-refractivity contribution >= 4 is 17.6 Å². The zero-order chi connectivity index (χ0) is 16.7. The molecule has 1 atom stereocenters. The molecule has 9 nitrogen and oxygen atoms in total. The molecular formula is C15H19N7O2. The van der Waals surface area contributed by atoms with E-state index in [0.717, 1.165) is 37.4 Å². The van der Waals surface area contributed by atoms with Gasteiger partial charge in [0.25, 0.3) is 11.8 Å². The first-order valence-corrected chi connectivity index (χ1v) is 8.17. The highest BCUT2D eigenvalue weighted by molar-refractivity contribution is 6.00. The molecule has 2 aromatic heterocycles. The molecule has 2 aliphatic heterocycles. The zero-order valence-corrected chi connectivity index (χ0v) is 13.5. The lowest BCUT2D eigenvalue weighted by Gasteiger charge is -2.19. The first-order valence-electron chi connectivity index (χ1n) is 8.17. The Bertz CT molecular complexity index is 770. The van der Waals surface area contributed by atoms with Crippen LogP contribution in [0.15, 0.2) is 12.3 Å². The average Bonchev–Trinajstić information content (AvgIpc) is 3.21. The number of nitrogens with zero attached hydrogens (tertiary/aromatic N) is 6. The fourth-order valence-electron chi connectivity index (χ4n) is 3.24. The Labute approximate surface area is 138 Å². The fourth-order valence-corrected chi connectivity index (χ4v) is 3.24. The third-order valence-corrected chi connectivity index (χ3v) is 4.57. The number of rotatable bonds is 2. The molecule has 0 unspecified atom stereocenters. The van der Waals surface area contributed by atoms with Crippen molar-refractivity contribution in [3.8, 4) is 0 Å². The molecule has 0 spiro atoms. The number of aryl methyl sites for hydroxylation is 3. The molecule has 0 radical (unpaired) electrons. The number of aromatic nitrogens is 5. The second kappa shape index (κ2) is 5.73. The second-order valence-corrected chi connectivity index (χ2v) is 6.16. The van der Waals surface area contributed by atoms with Crippen LogP contribution in [-0.2, 0) is 24.3 Å². The van der Waals surface area contributed by atoms with Crippen molar-refractivity contribution in [3.63, 3.8) is 0 Å². The quantitative estimate of drug-likeness (QED) is 0.835. The maximum absolute atomic E-state index is 12.6. The van der Waals surface area contributed by atoms with E-state index in [9.17, 15) is 9.59 Å². The van der Waals surface area contributed by atoms with Gasteiger partial charge >= 0.3 is 0 Å². The lowest BCUT2D eigenvalue weighted by Crippen LogP contribution is -2.47. The summed E-state index contributed by atoms with van der Waals surface area (Å²) in [6, 6.07) is 1.18. The Balaban J connectivity index is 1.50. The predicted octanol–water partition coefficient (Wildman–Crippen LogP) is -0.0240. The molecule has 0 saturated carbocycles. The molecular weight excluding hydrogens is 310 g/mol. The summed E-state index contributed by atoms with van der Waals surface area (Å²) in [5, 5.41) is 11.2. The minimum Gasteiger partial charge on any atom is -0.337 e. The van der Waals surface area contributed by atoms with E-state index in [0.29, 0.717) is 13.0 Å². The number of likely N-dealkylation sites (N-methyl/N-ethyl adjacent to an activating group) is 1. The Hall–Kier alpha value is -2.71. The topological polar surface area (TPSA) is 97.9 Å². The van der Waals surface area contributed by atoms with Gasteiger partial charge in [0.1, 0.15) is 17.7 Å². The van der Waals surface area contributed by atoms with E-state index in [1.807, 2.05) is 0 Å². The largest absolute Gasteiger partial charge is 0.337 e. The van der Waals surface area contributed by atoms with Crippen LogP contribution < -0.4 is 10.2 Å². The fraction of sp³-hybridized carbons (Fsp3) is 0.533. The first-order chi connectivity index (χ1) is 11.6. The van der Waals surface area contributed by atoms with Crippen LogP contribution in [0.2, 0.25) is 0 Å². The molecule has 0 aliphatic carbocycles. The van der Waals surface area contributed by atoms with Gasteiger partial charge in [-0.2, -0.15) is 5.10 Å². The number of nitrogens with one attached hydrogen (secondary N) is 1. The third kappa shape index (κ3) is 2.45. The van der Waals surface area contributed by atoms with Crippen molar-refractivity contribution in [2.24, 2.45) is 0 Å². The van der Waals surface area contributed by atoms with E-state index < -0.39 is 11.9 Å². The van der Waals surface area contributed by atoms with Crippen molar-refractivity contribution in [1.82, 2.24) is 29.9 Å². The Morgan fingerprint density at radius 1 is 1.29 bits per heavy atom. The van der Waals surface area contributed by atoms with Gasteiger partial charge in [-0.25, -0.2) is 14.3 Å². The normalized spacial score (nSPS) is 20.3. The van der Waals surface area contributed by atoms with Gasteiger partial charge in [-0.05, 0) is 19.3 Å². The highest BCUT2D eigenvalue weighted by Gasteiger charge is 2.31. The van der Waals surface area contributed by atoms with Crippen LogP contribution in [0.25, 0.3) is 0 Å². The summed E-state index contributed by atoms with van der Waals surface area (Å²) in [4.78, 5) is 30.9. The number of amides is 2. The van der Waals surface area contributed by atoms with Gasteiger partial charge < -0.3 is 5.32 Å². The Kier molecular flexibility index (Phi) is 3.55. The average molecular weight is 329 g/mol. The van der Waals surface area contributed by atoms with Gasteiger partial charge in [0, 0.05) is 32.6 Å². The lowest BCUT2D eigenvalue weighted by atomic mass is 10.2. The number of carbonyl (C=O) groups is 2. The molecule has 9 heteroatoms. The number of hydrogen-bond donors (Lipinski definition) is 1. The molecule has 2 aliphatic rings. The van der Waals surface area contributed by atoms with E-state index >= 15 is 0 Å². The summed E-state index contributed by atoms with van der Waals surface area (Å²) in [7, 11) is 1.69. The van der Waals surface area contributed by atoms with E-state index in [-0.39, 0.29) is 11.7 Å². The molecule has 0 bridgehead atoms. The summed E-state index contributed by atoms with van der Waals surface area (Å²) in [5.41, 5.74) is 0. The van der Waals surface area contributed by atoms with Crippen LogP contribution in [0.4, 0.5) is 5.82 Å². The predicted molar refractivity (Wildman–Crippen MR) is 84.5 cm³/mol. The van der Waals surface area contributed by atoms with Crippen molar-refractivity contribution in [3.05, 3.63) is 23.9 Å². The van der Waals surface area contributed by atoms with Gasteiger partial charge in [0.2, 0.25) is 5.82 Å². The number of fused-ring (bicyclic) bond motifs is 2. The molecule has 4 rings (SSSR count). The summed E-state index contributed by atoms with van der Waals surface area (Å²) in [6.07, 6.45) is 5.10. The highest BCUT2D eigenvalue weighted by Crippen LogP contribution is 2.19. The van der Waals surface area contributed by atoms with Crippen molar-refractivity contribution in [1.29, 1.82) is 0 Å². The van der Waals surface area contributed by atoms with Crippen LogP contribution in [0, 0.1) is 0 Å². The summed E-state index contributed by atoms with van der Waals surface area (Å²) < 4.78 is 3.55. The maximum Gasteiger partial charge on any atom is 0.291 e. The second-order valence-electron chi connectivity index (χ2n) is 6.16. The molecule has 2 amide bonds. The lowest BCUT2D eigenvalue weighted by molar-refractivity contribution is -0.120. The number of carbonyl (C=O) groups excluding carboxylic acids is 2. The van der Waals surface area contributed by atoms with E-state index in [4.69, 9.17) is 0 Å². The Morgan fingerprint density at radius 2 is 2.17 bits per heavy atom. The monoisotopic (exact) mass is 329 g/mol. The van der Waals surface area contributed by atoms with Gasteiger partial charge in [-0.15, -0.1) is 5.10 Å². The standard InChI is InChI=1S/C15H19N7O2/c1-20-12-5-7-16-22(12)9-6-10(15(20)24)17-14(23)13-18-11-4-2-3-8-21(11)19-13/h5,7,10H,2-4,6,8-9H2,1H3,(H,17,23)/t10-/m0/s1.